The molecule has 0 aromatic carbocycles. The van der Waals surface area contributed by atoms with Gasteiger partial charge in [-0.25, -0.2) is 0 Å². The van der Waals surface area contributed by atoms with Crippen molar-refractivity contribution >= 4 is 21.8 Å². The number of carbonyl (C=O) groups excluding carboxylic acids is 1. The van der Waals surface area contributed by atoms with Gasteiger partial charge in [0.05, 0.1) is 6.20 Å². The Morgan fingerprint density at radius 2 is 2.50 bits per heavy atom. The largest absolute Gasteiger partial charge is 0.361 e. The van der Waals surface area contributed by atoms with Crippen molar-refractivity contribution in [1.82, 2.24) is 10.5 Å². The summed E-state index contributed by atoms with van der Waals surface area (Å²) in [5.74, 6) is 0.422. The first-order chi connectivity index (χ1) is 6.65. The molecule has 4 nitrogen and oxygen atoms in total. The topological polar surface area (TPSA) is 55.1 Å². The fraction of sp³-hybridized carbons (Fsp3) is 0.556. The fourth-order valence-corrected chi connectivity index (χ4v) is 1.74. The molecule has 0 aliphatic heterocycles. The van der Waals surface area contributed by atoms with Gasteiger partial charge in [-0.2, -0.15) is 0 Å². The molecule has 0 fully saturated rings. The molecule has 1 aromatic rings. The molecular formula is C9H13BrN2O2. The van der Waals surface area contributed by atoms with Gasteiger partial charge in [0.1, 0.15) is 11.3 Å². The molecule has 0 bridgehead atoms. The molecule has 1 N–H and O–H groups in total. The average Bonchev–Trinajstić information content (AvgIpc) is 2.51. The molecule has 1 heterocycles. The van der Waals surface area contributed by atoms with Crippen LogP contribution in [0.5, 0.6) is 0 Å². The Kier molecular flexibility index (Phi) is 4.13. The molecule has 1 atom stereocenters. The van der Waals surface area contributed by atoms with Crippen molar-refractivity contribution in [3.63, 3.8) is 0 Å². The maximum absolute atomic E-state index is 11.6. The van der Waals surface area contributed by atoms with Gasteiger partial charge in [0.15, 0.2) is 0 Å². The molecule has 1 amide bonds. The van der Waals surface area contributed by atoms with Crippen LogP contribution in [0.3, 0.4) is 0 Å². The van der Waals surface area contributed by atoms with Gasteiger partial charge in [0.2, 0.25) is 0 Å². The minimum atomic E-state index is -0.128. The number of alkyl halides is 1. The normalized spacial score (nSPS) is 12.5. The van der Waals surface area contributed by atoms with Gasteiger partial charge in [-0.3, -0.25) is 4.79 Å². The van der Waals surface area contributed by atoms with Crippen LogP contribution >= 0.6 is 15.9 Å². The highest BCUT2D eigenvalue weighted by Gasteiger charge is 2.14. The predicted molar refractivity (Wildman–Crippen MR) is 56.6 cm³/mol. The number of nitrogens with zero attached hydrogens (tertiary/aromatic N) is 1. The Balaban J connectivity index is 2.55. The minimum Gasteiger partial charge on any atom is -0.361 e. The first kappa shape index (κ1) is 11.2. The number of aryl methyl sites for hydroxylation is 1. The van der Waals surface area contributed by atoms with E-state index in [1.165, 1.54) is 6.20 Å². The van der Waals surface area contributed by atoms with E-state index >= 15 is 0 Å². The number of amides is 1. The van der Waals surface area contributed by atoms with Gasteiger partial charge in [0, 0.05) is 11.4 Å². The maximum atomic E-state index is 11.6. The molecule has 1 rings (SSSR count). The van der Waals surface area contributed by atoms with Crippen molar-refractivity contribution in [3.05, 3.63) is 17.5 Å². The summed E-state index contributed by atoms with van der Waals surface area (Å²) in [5.41, 5.74) is 0.506. The van der Waals surface area contributed by atoms with Crippen LogP contribution in [0.1, 0.15) is 29.5 Å². The molecule has 0 aliphatic carbocycles. The summed E-state index contributed by atoms with van der Waals surface area (Å²) in [6.07, 6.45) is 2.33. The van der Waals surface area contributed by atoms with Crippen molar-refractivity contribution in [3.8, 4) is 0 Å². The van der Waals surface area contributed by atoms with Crippen LogP contribution in [0.4, 0.5) is 0 Å². The van der Waals surface area contributed by atoms with Crippen molar-refractivity contribution in [2.24, 2.45) is 0 Å². The first-order valence-electron chi connectivity index (χ1n) is 4.43. The smallest absolute Gasteiger partial charge is 0.256 e. The third kappa shape index (κ3) is 2.83. The SMILES string of the molecule is Cc1oncc1C(=O)NC(C)CCBr. The molecule has 0 saturated carbocycles. The molecule has 0 aliphatic rings. The molecule has 0 saturated heterocycles. The number of halogens is 1. The Labute approximate surface area is 91.2 Å². The minimum absolute atomic E-state index is 0.128. The van der Waals surface area contributed by atoms with Crippen LogP contribution in [-0.4, -0.2) is 22.4 Å². The molecule has 5 heteroatoms. The summed E-state index contributed by atoms with van der Waals surface area (Å²) in [4.78, 5) is 11.6. The summed E-state index contributed by atoms with van der Waals surface area (Å²) in [5, 5.41) is 7.28. The molecule has 0 spiro atoms. The summed E-state index contributed by atoms with van der Waals surface area (Å²) in [7, 11) is 0. The summed E-state index contributed by atoms with van der Waals surface area (Å²) in [6, 6.07) is 0.149. The lowest BCUT2D eigenvalue weighted by Gasteiger charge is -2.11. The quantitative estimate of drug-likeness (QED) is 0.842. The van der Waals surface area contributed by atoms with E-state index in [0.29, 0.717) is 11.3 Å². The highest BCUT2D eigenvalue weighted by atomic mass is 79.9. The Bertz CT molecular complexity index is 312. The van der Waals surface area contributed by atoms with Crippen molar-refractivity contribution in [2.45, 2.75) is 26.3 Å². The lowest BCUT2D eigenvalue weighted by atomic mass is 10.2. The van der Waals surface area contributed by atoms with Crippen LogP contribution in [0, 0.1) is 6.92 Å². The lowest BCUT2D eigenvalue weighted by molar-refractivity contribution is 0.0938. The van der Waals surface area contributed by atoms with E-state index < -0.39 is 0 Å². The highest BCUT2D eigenvalue weighted by molar-refractivity contribution is 9.09. The second-order valence-corrected chi connectivity index (χ2v) is 3.94. The number of hydrogen-bond acceptors (Lipinski definition) is 3. The van der Waals surface area contributed by atoms with Crippen LogP contribution in [0.15, 0.2) is 10.7 Å². The van der Waals surface area contributed by atoms with Crippen molar-refractivity contribution in [1.29, 1.82) is 0 Å². The number of rotatable bonds is 4. The highest BCUT2D eigenvalue weighted by Crippen LogP contribution is 2.06. The van der Waals surface area contributed by atoms with Crippen LogP contribution in [0.2, 0.25) is 0 Å². The second kappa shape index (κ2) is 5.14. The van der Waals surface area contributed by atoms with Gasteiger partial charge in [-0.15, -0.1) is 0 Å². The van der Waals surface area contributed by atoms with E-state index in [9.17, 15) is 4.79 Å². The number of hydrogen-bond donors (Lipinski definition) is 1. The zero-order valence-electron chi connectivity index (χ0n) is 8.21. The lowest BCUT2D eigenvalue weighted by Crippen LogP contribution is -2.32. The van der Waals surface area contributed by atoms with E-state index in [4.69, 9.17) is 4.52 Å². The third-order valence-corrected chi connectivity index (χ3v) is 2.37. The van der Waals surface area contributed by atoms with Crippen LogP contribution in [-0.2, 0) is 0 Å². The summed E-state index contributed by atoms with van der Waals surface area (Å²) >= 11 is 3.32. The second-order valence-electron chi connectivity index (χ2n) is 3.15. The van der Waals surface area contributed by atoms with Gasteiger partial charge in [0.25, 0.3) is 5.91 Å². The van der Waals surface area contributed by atoms with Gasteiger partial charge >= 0.3 is 0 Å². The Hall–Kier alpha value is -0.840. The van der Waals surface area contributed by atoms with E-state index in [-0.39, 0.29) is 11.9 Å². The Morgan fingerprint density at radius 3 is 3.00 bits per heavy atom. The molecule has 78 valence electrons. The van der Waals surface area contributed by atoms with E-state index in [1.54, 1.807) is 6.92 Å². The summed E-state index contributed by atoms with van der Waals surface area (Å²) < 4.78 is 4.81. The molecule has 1 aromatic heterocycles. The number of aromatic nitrogens is 1. The van der Waals surface area contributed by atoms with E-state index in [2.05, 4.69) is 26.4 Å². The Morgan fingerprint density at radius 1 is 1.79 bits per heavy atom. The van der Waals surface area contributed by atoms with Crippen molar-refractivity contribution < 1.29 is 9.32 Å². The molecule has 0 radical (unpaired) electrons. The zero-order chi connectivity index (χ0) is 10.6. The fourth-order valence-electron chi connectivity index (χ4n) is 1.05. The van der Waals surface area contributed by atoms with Crippen LogP contribution < -0.4 is 5.32 Å². The number of nitrogens with one attached hydrogen (secondary N) is 1. The summed E-state index contributed by atoms with van der Waals surface area (Å²) in [6.45, 7) is 3.68. The van der Waals surface area contributed by atoms with Gasteiger partial charge in [-0.05, 0) is 20.3 Å². The number of carbonyl (C=O) groups is 1. The zero-order valence-corrected chi connectivity index (χ0v) is 9.80. The maximum Gasteiger partial charge on any atom is 0.256 e. The monoisotopic (exact) mass is 260 g/mol. The van der Waals surface area contributed by atoms with E-state index in [0.717, 1.165) is 11.8 Å². The van der Waals surface area contributed by atoms with Gasteiger partial charge in [-0.1, -0.05) is 21.1 Å². The first-order valence-corrected chi connectivity index (χ1v) is 5.55. The molecule has 14 heavy (non-hydrogen) atoms. The average molecular weight is 261 g/mol. The standard InChI is InChI=1S/C9H13BrN2O2/c1-6(3-4-10)12-9(13)8-5-11-14-7(8)2/h5-6H,3-4H2,1-2H3,(H,12,13). The predicted octanol–water partition coefficient (Wildman–Crippen LogP) is 1.89. The molecular weight excluding hydrogens is 248 g/mol. The van der Waals surface area contributed by atoms with Gasteiger partial charge < -0.3 is 9.84 Å². The molecule has 1 unspecified atom stereocenters. The van der Waals surface area contributed by atoms with Crippen LogP contribution in [0.25, 0.3) is 0 Å². The van der Waals surface area contributed by atoms with Crippen molar-refractivity contribution in [2.75, 3.05) is 5.33 Å². The van der Waals surface area contributed by atoms with E-state index in [1.807, 2.05) is 6.92 Å². The third-order valence-electron chi connectivity index (χ3n) is 1.91.